The second-order valence-corrected chi connectivity index (χ2v) is 5.81. The number of aryl methyl sites for hydroxylation is 2. The highest BCUT2D eigenvalue weighted by Crippen LogP contribution is 2.29. The molecule has 0 radical (unpaired) electrons. The van der Waals surface area contributed by atoms with Crippen LogP contribution in [0, 0.1) is 13.8 Å². The summed E-state index contributed by atoms with van der Waals surface area (Å²) < 4.78 is 9.57. The second kappa shape index (κ2) is 6.95. The van der Waals surface area contributed by atoms with Crippen molar-refractivity contribution < 1.29 is 4.74 Å². The molecule has 1 atom stereocenters. The maximum Gasteiger partial charge on any atom is 0.128 e. The zero-order valence-corrected chi connectivity index (χ0v) is 14.0. The molecule has 0 saturated carbocycles. The standard InChI is InChI=1S/C15H22N4OS/c1-6-11-15(21-19-18-11)13(16-4)7-12-10(3)14(20-5)9(2)8-17-12/h8,13,16H,6-7H2,1-5H3. The Labute approximate surface area is 129 Å². The predicted molar refractivity (Wildman–Crippen MR) is 85.1 cm³/mol. The SMILES string of the molecule is CCc1nnsc1C(Cc1ncc(C)c(OC)c1C)NC. The van der Waals surface area contributed by atoms with Crippen molar-refractivity contribution in [2.45, 2.75) is 39.7 Å². The summed E-state index contributed by atoms with van der Waals surface area (Å²) in [6, 6.07) is 0.179. The van der Waals surface area contributed by atoms with Gasteiger partial charge >= 0.3 is 0 Å². The van der Waals surface area contributed by atoms with E-state index in [1.807, 2.05) is 20.2 Å². The van der Waals surface area contributed by atoms with E-state index in [9.17, 15) is 0 Å². The number of methoxy groups -OCH3 is 1. The van der Waals surface area contributed by atoms with Crippen molar-refractivity contribution in [3.05, 3.63) is 33.6 Å². The molecule has 114 valence electrons. The molecule has 0 aliphatic rings. The van der Waals surface area contributed by atoms with Crippen LogP contribution in [0.1, 0.15) is 40.4 Å². The van der Waals surface area contributed by atoms with Crippen LogP contribution in [0.25, 0.3) is 0 Å². The van der Waals surface area contributed by atoms with Gasteiger partial charge in [-0.3, -0.25) is 4.98 Å². The minimum Gasteiger partial charge on any atom is -0.496 e. The smallest absolute Gasteiger partial charge is 0.128 e. The molecule has 2 aromatic rings. The molecule has 2 aromatic heterocycles. The minimum atomic E-state index is 0.179. The van der Waals surface area contributed by atoms with Crippen LogP contribution in [0.4, 0.5) is 0 Å². The molecule has 0 spiro atoms. The third kappa shape index (κ3) is 3.22. The number of pyridine rings is 1. The molecule has 0 aliphatic carbocycles. The van der Waals surface area contributed by atoms with Gasteiger partial charge in [-0.2, -0.15) is 0 Å². The number of likely N-dealkylation sites (N-methyl/N-ethyl adjacent to an activating group) is 1. The Morgan fingerprint density at radius 3 is 2.71 bits per heavy atom. The van der Waals surface area contributed by atoms with Gasteiger partial charge in [0.15, 0.2) is 0 Å². The van der Waals surface area contributed by atoms with Gasteiger partial charge in [0, 0.05) is 29.4 Å². The molecule has 5 nitrogen and oxygen atoms in total. The van der Waals surface area contributed by atoms with Crippen LogP contribution in [0.15, 0.2) is 6.20 Å². The first kappa shape index (κ1) is 15.9. The lowest BCUT2D eigenvalue weighted by molar-refractivity contribution is 0.406. The molecule has 0 bridgehead atoms. The Kier molecular flexibility index (Phi) is 5.25. The lowest BCUT2D eigenvalue weighted by Crippen LogP contribution is -2.20. The number of nitrogens with one attached hydrogen (secondary N) is 1. The van der Waals surface area contributed by atoms with Gasteiger partial charge < -0.3 is 10.1 Å². The van der Waals surface area contributed by atoms with Crippen LogP contribution < -0.4 is 10.1 Å². The lowest BCUT2D eigenvalue weighted by atomic mass is 10.0. The van der Waals surface area contributed by atoms with E-state index in [2.05, 4.69) is 33.7 Å². The average molecular weight is 306 g/mol. The van der Waals surface area contributed by atoms with Crippen LogP contribution in [0.2, 0.25) is 0 Å². The summed E-state index contributed by atoms with van der Waals surface area (Å²) in [4.78, 5) is 5.78. The number of rotatable bonds is 6. The van der Waals surface area contributed by atoms with Crippen LogP contribution >= 0.6 is 11.5 Å². The van der Waals surface area contributed by atoms with Crippen molar-refractivity contribution >= 4 is 11.5 Å². The molecule has 0 saturated heterocycles. The van der Waals surface area contributed by atoms with E-state index >= 15 is 0 Å². The first-order chi connectivity index (χ1) is 10.1. The Balaban J connectivity index is 2.31. The van der Waals surface area contributed by atoms with Crippen LogP contribution in [0.3, 0.4) is 0 Å². The van der Waals surface area contributed by atoms with Gasteiger partial charge in [0.25, 0.3) is 0 Å². The van der Waals surface area contributed by atoms with E-state index in [-0.39, 0.29) is 6.04 Å². The lowest BCUT2D eigenvalue weighted by Gasteiger charge is -2.18. The fourth-order valence-electron chi connectivity index (χ4n) is 2.52. The van der Waals surface area contributed by atoms with Crippen LogP contribution in [-0.2, 0) is 12.8 Å². The van der Waals surface area contributed by atoms with E-state index in [0.29, 0.717) is 0 Å². The van der Waals surface area contributed by atoms with Gasteiger partial charge in [0.1, 0.15) is 5.75 Å². The van der Waals surface area contributed by atoms with Gasteiger partial charge in [-0.05, 0) is 38.8 Å². The number of hydrogen-bond donors (Lipinski definition) is 1. The van der Waals surface area contributed by atoms with Crippen molar-refractivity contribution in [1.29, 1.82) is 0 Å². The zero-order chi connectivity index (χ0) is 15.4. The van der Waals surface area contributed by atoms with E-state index in [4.69, 9.17) is 4.74 Å². The normalized spacial score (nSPS) is 12.4. The second-order valence-electron chi connectivity index (χ2n) is 5.03. The van der Waals surface area contributed by atoms with Crippen molar-refractivity contribution in [2.24, 2.45) is 0 Å². The van der Waals surface area contributed by atoms with Gasteiger partial charge in [-0.25, -0.2) is 0 Å². The highest BCUT2D eigenvalue weighted by Gasteiger charge is 2.20. The maximum absolute atomic E-state index is 5.48. The highest BCUT2D eigenvalue weighted by molar-refractivity contribution is 7.05. The first-order valence-corrected chi connectivity index (χ1v) is 7.87. The minimum absolute atomic E-state index is 0.179. The Hall–Kier alpha value is -1.53. The summed E-state index contributed by atoms with van der Waals surface area (Å²) in [5.41, 5.74) is 4.28. The monoisotopic (exact) mass is 306 g/mol. The average Bonchev–Trinajstić information content (AvgIpc) is 2.95. The van der Waals surface area contributed by atoms with Crippen LogP contribution in [-0.4, -0.2) is 28.7 Å². The molecular weight excluding hydrogens is 284 g/mol. The van der Waals surface area contributed by atoms with Crippen LogP contribution in [0.5, 0.6) is 5.75 Å². The quantitative estimate of drug-likeness (QED) is 0.889. The molecule has 6 heteroatoms. The van der Waals surface area contributed by atoms with E-state index in [0.717, 1.165) is 41.1 Å². The summed E-state index contributed by atoms with van der Waals surface area (Å²) in [5.74, 6) is 0.924. The van der Waals surface area contributed by atoms with E-state index in [1.54, 1.807) is 7.11 Å². The van der Waals surface area contributed by atoms with Gasteiger partial charge in [-0.1, -0.05) is 11.4 Å². The summed E-state index contributed by atoms with van der Waals surface area (Å²) in [7, 11) is 3.67. The molecule has 2 heterocycles. The molecule has 0 amide bonds. The topological polar surface area (TPSA) is 59.9 Å². The zero-order valence-electron chi connectivity index (χ0n) is 13.2. The van der Waals surface area contributed by atoms with Crippen molar-refractivity contribution in [3.63, 3.8) is 0 Å². The molecule has 0 aromatic carbocycles. The third-order valence-corrected chi connectivity index (χ3v) is 4.61. The Bertz CT molecular complexity index is 612. The summed E-state index contributed by atoms with van der Waals surface area (Å²) in [6.07, 6.45) is 3.57. The molecule has 0 fully saturated rings. The van der Waals surface area contributed by atoms with Gasteiger partial charge in [0.05, 0.1) is 23.7 Å². The summed E-state index contributed by atoms with van der Waals surface area (Å²) in [5, 5.41) is 7.56. The molecule has 1 N–H and O–H groups in total. The van der Waals surface area contributed by atoms with Crippen molar-refractivity contribution in [2.75, 3.05) is 14.2 Å². The highest BCUT2D eigenvalue weighted by atomic mass is 32.1. The number of aromatic nitrogens is 3. The van der Waals surface area contributed by atoms with E-state index < -0.39 is 0 Å². The van der Waals surface area contributed by atoms with Gasteiger partial charge in [0.2, 0.25) is 0 Å². The fourth-order valence-corrected chi connectivity index (χ4v) is 3.37. The number of hydrogen-bond acceptors (Lipinski definition) is 6. The van der Waals surface area contributed by atoms with Crippen molar-refractivity contribution in [3.8, 4) is 5.75 Å². The molecule has 2 rings (SSSR count). The predicted octanol–water partition coefficient (Wildman–Crippen LogP) is 2.62. The van der Waals surface area contributed by atoms with Gasteiger partial charge in [-0.15, -0.1) is 5.10 Å². The maximum atomic E-state index is 5.48. The summed E-state index contributed by atoms with van der Waals surface area (Å²) >= 11 is 1.46. The van der Waals surface area contributed by atoms with E-state index in [1.165, 1.54) is 16.4 Å². The molecular formula is C15H22N4OS. The number of ether oxygens (including phenoxy) is 1. The molecule has 21 heavy (non-hydrogen) atoms. The molecule has 1 unspecified atom stereocenters. The summed E-state index contributed by atoms with van der Waals surface area (Å²) in [6.45, 7) is 6.18. The fraction of sp³-hybridized carbons (Fsp3) is 0.533. The molecule has 0 aliphatic heterocycles. The van der Waals surface area contributed by atoms with Crippen molar-refractivity contribution in [1.82, 2.24) is 19.9 Å². The number of nitrogens with zero attached hydrogens (tertiary/aromatic N) is 3. The largest absolute Gasteiger partial charge is 0.496 e. The first-order valence-electron chi connectivity index (χ1n) is 7.09. The Morgan fingerprint density at radius 1 is 1.33 bits per heavy atom. The third-order valence-electron chi connectivity index (χ3n) is 3.73. The Morgan fingerprint density at radius 2 is 2.10 bits per heavy atom.